The molecule has 0 saturated heterocycles. The molecule has 0 aromatic heterocycles. The van der Waals surface area contributed by atoms with Gasteiger partial charge in [0.1, 0.15) is 0 Å². The fraction of sp³-hybridized carbons (Fsp3) is 0.278. The van der Waals surface area contributed by atoms with E-state index in [4.69, 9.17) is 9.47 Å². The molecule has 1 amide bonds. The van der Waals surface area contributed by atoms with Gasteiger partial charge in [-0.3, -0.25) is 4.79 Å². The lowest BCUT2D eigenvalue weighted by molar-refractivity contribution is -0.121. The molecule has 0 saturated carbocycles. The minimum atomic E-state index is -0.0711. The fourth-order valence-electron chi connectivity index (χ4n) is 2.37. The Morgan fingerprint density at radius 2 is 1.83 bits per heavy atom. The van der Waals surface area contributed by atoms with Crippen molar-refractivity contribution in [2.24, 2.45) is 0 Å². The van der Waals surface area contributed by atoms with Crippen LogP contribution in [0.2, 0.25) is 0 Å². The molecule has 0 fully saturated rings. The average molecular weight is 378 g/mol. The summed E-state index contributed by atoms with van der Waals surface area (Å²) in [6.07, 6.45) is 0.287. The molecule has 0 aliphatic heterocycles. The summed E-state index contributed by atoms with van der Waals surface area (Å²) in [6, 6.07) is 13.3. The van der Waals surface area contributed by atoms with Gasteiger partial charge < -0.3 is 14.8 Å². The predicted octanol–water partition coefficient (Wildman–Crippen LogP) is 3.89. The maximum atomic E-state index is 12.3. The zero-order valence-electron chi connectivity index (χ0n) is 13.4. The van der Waals surface area contributed by atoms with Crippen LogP contribution in [0, 0.1) is 0 Å². The van der Waals surface area contributed by atoms with Crippen LogP contribution in [-0.4, -0.2) is 20.1 Å². The first-order valence-electron chi connectivity index (χ1n) is 7.30. The number of amides is 1. The smallest absolute Gasteiger partial charge is 0.224 e. The fourth-order valence-corrected chi connectivity index (χ4v) is 3.00. The molecule has 4 nitrogen and oxygen atoms in total. The number of hydrogen-bond acceptors (Lipinski definition) is 3. The standard InChI is InChI=1S/C18H20BrNO3/c1-12(14-6-4-5-7-15(14)19)20-18(21)11-13-8-9-16(22-2)17(10-13)23-3/h4-10,12H,11H2,1-3H3,(H,20,21)/t12-/m0/s1. The third kappa shape index (κ3) is 4.48. The zero-order valence-corrected chi connectivity index (χ0v) is 15.0. The molecule has 2 aromatic rings. The van der Waals surface area contributed by atoms with E-state index in [2.05, 4.69) is 21.2 Å². The van der Waals surface area contributed by atoms with Gasteiger partial charge in [-0.05, 0) is 36.2 Å². The Labute approximate surface area is 144 Å². The highest BCUT2D eigenvalue weighted by atomic mass is 79.9. The van der Waals surface area contributed by atoms with Crippen LogP contribution in [-0.2, 0) is 11.2 Å². The number of methoxy groups -OCH3 is 2. The van der Waals surface area contributed by atoms with Crippen LogP contribution >= 0.6 is 15.9 Å². The number of nitrogens with one attached hydrogen (secondary N) is 1. The largest absolute Gasteiger partial charge is 0.493 e. The van der Waals surface area contributed by atoms with Gasteiger partial charge >= 0.3 is 0 Å². The summed E-state index contributed by atoms with van der Waals surface area (Å²) in [5.74, 6) is 1.23. The molecular weight excluding hydrogens is 358 g/mol. The van der Waals surface area contributed by atoms with Crippen molar-refractivity contribution in [1.29, 1.82) is 0 Å². The summed E-state index contributed by atoms with van der Waals surface area (Å²) in [5, 5.41) is 3.01. The minimum Gasteiger partial charge on any atom is -0.493 e. The second-order valence-corrected chi connectivity index (χ2v) is 6.03. The molecule has 2 rings (SSSR count). The molecule has 23 heavy (non-hydrogen) atoms. The number of carbonyl (C=O) groups excluding carboxylic acids is 1. The quantitative estimate of drug-likeness (QED) is 0.830. The van der Waals surface area contributed by atoms with Gasteiger partial charge in [-0.15, -0.1) is 0 Å². The highest BCUT2D eigenvalue weighted by Gasteiger charge is 2.13. The van der Waals surface area contributed by atoms with Crippen molar-refractivity contribution >= 4 is 21.8 Å². The van der Waals surface area contributed by atoms with Gasteiger partial charge in [-0.25, -0.2) is 0 Å². The Hall–Kier alpha value is -2.01. The third-order valence-electron chi connectivity index (χ3n) is 3.56. The van der Waals surface area contributed by atoms with E-state index in [9.17, 15) is 4.79 Å². The Morgan fingerprint density at radius 1 is 1.13 bits per heavy atom. The Bertz CT molecular complexity index is 688. The van der Waals surface area contributed by atoms with E-state index in [1.54, 1.807) is 20.3 Å². The molecule has 2 aromatic carbocycles. The average Bonchev–Trinajstić information content (AvgIpc) is 2.54. The molecule has 1 atom stereocenters. The summed E-state index contributed by atoms with van der Waals surface area (Å²) in [4.78, 5) is 12.3. The highest BCUT2D eigenvalue weighted by molar-refractivity contribution is 9.10. The first-order valence-corrected chi connectivity index (χ1v) is 8.09. The van der Waals surface area contributed by atoms with Crippen LogP contribution in [0.5, 0.6) is 11.5 Å². The summed E-state index contributed by atoms with van der Waals surface area (Å²) in [7, 11) is 3.17. The molecule has 0 aliphatic rings. The van der Waals surface area contributed by atoms with Gasteiger partial charge in [0.25, 0.3) is 0 Å². The number of rotatable bonds is 6. The number of benzene rings is 2. The van der Waals surface area contributed by atoms with Crippen molar-refractivity contribution in [3.63, 3.8) is 0 Å². The van der Waals surface area contributed by atoms with Crippen molar-refractivity contribution in [1.82, 2.24) is 5.32 Å². The molecule has 0 radical (unpaired) electrons. The van der Waals surface area contributed by atoms with Crippen LogP contribution in [0.15, 0.2) is 46.9 Å². The lowest BCUT2D eigenvalue weighted by Crippen LogP contribution is -2.28. The van der Waals surface area contributed by atoms with E-state index in [1.807, 2.05) is 43.3 Å². The normalized spacial score (nSPS) is 11.7. The molecule has 0 bridgehead atoms. The first kappa shape index (κ1) is 17.3. The van der Waals surface area contributed by atoms with Crippen molar-refractivity contribution < 1.29 is 14.3 Å². The molecule has 5 heteroatoms. The monoisotopic (exact) mass is 377 g/mol. The minimum absolute atomic E-state index is 0.0412. The lowest BCUT2D eigenvalue weighted by Gasteiger charge is -2.16. The van der Waals surface area contributed by atoms with Crippen LogP contribution in [0.3, 0.4) is 0 Å². The number of hydrogen-bond donors (Lipinski definition) is 1. The van der Waals surface area contributed by atoms with Crippen molar-refractivity contribution in [2.75, 3.05) is 14.2 Å². The van der Waals surface area contributed by atoms with E-state index in [0.717, 1.165) is 15.6 Å². The summed E-state index contributed by atoms with van der Waals surface area (Å²) < 4.78 is 11.4. The van der Waals surface area contributed by atoms with E-state index >= 15 is 0 Å². The van der Waals surface area contributed by atoms with E-state index in [1.165, 1.54) is 0 Å². The number of ether oxygens (including phenoxy) is 2. The summed E-state index contributed by atoms with van der Waals surface area (Å²) in [5.41, 5.74) is 1.92. The maximum Gasteiger partial charge on any atom is 0.224 e. The van der Waals surface area contributed by atoms with E-state index < -0.39 is 0 Å². The van der Waals surface area contributed by atoms with Gasteiger partial charge in [0.15, 0.2) is 11.5 Å². The van der Waals surface area contributed by atoms with Crippen LogP contribution in [0.1, 0.15) is 24.1 Å². The molecule has 0 unspecified atom stereocenters. The van der Waals surface area contributed by atoms with Gasteiger partial charge in [-0.2, -0.15) is 0 Å². The van der Waals surface area contributed by atoms with Gasteiger partial charge in [0.2, 0.25) is 5.91 Å². The second kappa shape index (κ2) is 8.02. The molecule has 0 spiro atoms. The van der Waals surface area contributed by atoms with Crippen LogP contribution < -0.4 is 14.8 Å². The Balaban J connectivity index is 2.03. The summed E-state index contributed by atoms with van der Waals surface area (Å²) in [6.45, 7) is 1.96. The van der Waals surface area contributed by atoms with Crippen LogP contribution in [0.25, 0.3) is 0 Å². The lowest BCUT2D eigenvalue weighted by atomic mass is 10.1. The van der Waals surface area contributed by atoms with Crippen molar-refractivity contribution in [3.8, 4) is 11.5 Å². The molecule has 0 heterocycles. The van der Waals surface area contributed by atoms with Gasteiger partial charge in [0.05, 0.1) is 26.7 Å². The van der Waals surface area contributed by atoms with Crippen LogP contribution in [0.4, 0.5) is 0 Å². The number of halogens is 1. The third-order valence-corrected chi connectivity index (χ3v) is 4.28. The molecular formula is C18H20BrNO3. The molecule has 122 valence electrons. The second-order valence-electron chi connectivity index (χ2n) is 5.18. The summed E-state index contributed by atoms with van der Waals surface area (Å²) >= 11 is 3.51. The van der Waals surface area contributed by atoms with Crippen molar-refractivity contribution in [3.05, 3.63) is 58.1 Å². The number of carbonyl (C=O) groups is 1. The Kier molecular flexibility index (Phi) is 6.04. The first-order chi connectivity index (χ1) is 11.0. The highest BCUT2D eigenvalue weighted by Crippen LogP contribution is 2.28. The van der Waals surface area contributed by atoms with Crippen molar-refractivity contribution in [2.45, 2.75) is 19.4 Å². The van der Waals surface area contributed by atoms with E-state index in [-0.39, 0.29) is 18.4 Å². The van der Waals surface area contributed by atoms with Gasteiger partial charge in [-0.1, -0.05) is 40.2 Å². The van der Waals surface area contributed by atoms with Gasteiger partial charge in [0, 0.05) is 4.47 Å². The van der Waals surface area contributed by atoms with E-state index in [0.29, 0.717) is 11.5 Å². The predicted molar refractivity (Wildman–Crippen MR) is 93.9 cm³/mol. The molecule has 1 N–H and O–H groups in total. The topological polar surface area (TPSA) is 47.6 Å². The Morgan fingerprint density at radius 3 is 2.48 bits per heavy atom. The zero-order chi connectivity index (χ0) is 16.8. The molecule has 0 aliphatic carbocycles. The maximum absolute atomic E-state index is 12.3. The SMILES string of the molecule is COc1ccc(CC(=O)N[C@@H](C)c2ccccc2Br)cc1OC.